The first-order chi connectivity index (χ1) is 9.74. The van der Waals surface area contributed by atoms with Gasteiger partial charge < -0.3 is 15.2 Å². The van der Waals surface area contributed by atoms with E-state index in [4.69, 9.17) is 4.74 Å². The molecular formula is C14H19N3O3. The van der Waals surface area contributed by atoms with Crippen LogP contribution < -0.4 is 5.32 Å². The van der Waals surface area contributed by atoms with E-state index >= 15 is 0 Å². The van der Waals surface area contributed by atoms with Gasteiger partial charge in [-0.3, -0.25) is 9.69 Å². The van der Waals surface area contributed by atoms with Gasteiger partial charge in [0.25, 0.3) is 5.91 Å². The van der Waals surface area contributed by atoms with Crippen molar-refractivity contribution >= 4 is 5.91 Å². The molecular weight excluding hydrogens is 258 g/mol. The maximum absolute atomic E-state index is 11.9. The molecule has 1 amide bonds. The Balaban J connectivity index is 1.52. The van der Waals surface area contributed by atoms with Gasteiger partial charge in [-0.25, -0.2) is 4.98 Å². The molecule has 2 N–H and O–H groups in total. The molecule has 3 heterocycles. The van der Waals surface area contributed by atoms with Crippen LogP contribution in [0.5, 0.6) is 5.75 Å². The molecule has 2 atom stereocenters. The summed E-state index contributed by atoms with van der Waals surface area (Å²) in [7, 11) is 0. The molecule has 2 aliphatic rings. The van der Waals surface area contributed by atoms with Gasteiger partial charge >= 0.3 is 0 Å². The van der Waals surface area contributed by atoms with E-state index in [0.29, 0.717) is 12.6 Å². The second-order valence-corrected chi connectivity index (χ2v) is 5.33. The third kappa shape index (κ3) is 2.76. The standard InChI is InChI=1S/C14H19N3O3/c18-12-4-1-5-15-13(12)14(19)16-7-11-8-17-6-2-3-10(17)9-20-11/h1,4-5,10-11,18H,2-3,6-9H2,(H,16,19). The number of aromatic hydroxyl groups is 1. The topological polar surface area (TPSA) is 74.7 Å². The van der Waals surface area contributed by atoms with Gasteiger partial charge in [-0.2, -0.15) is 0 Å². The van der Waals surface area contributed by atoms with Crippen molar-refractivity contribution in [3.63, 3.8) is 0 Å². The molecule has 20 heavy (non-hydrogen) atoms. The fraction of sp³-hybridized carbons (Fsp3) is 0.571. The Morgan fingerprint density at radius 1 is 1.60 bits per heavy atom. The van der Waals surface area contributed by atoms with Crippen molar-refractivity contribution in [1.29, 1.82) is 0 Å². The van der Waals surface area contributed by atoms with E-state index in [0.717, 1.165) is 19.7 Å². The number of amides is 1. The summed E-state index contributed by atoms with van der Waals surface area (Å²) in [5, 5.41) is 12.4. The van der Waals surface area contributed by atoms with Crippen molar-refractivity contribution in [2.24, 2.45) is 0 Å². The van der Waals surface area contributed by atoms with Gasteiger partial charge in [-0.05, 0) is 31.5 Å². The fourth-order valence-corrected chi connectivity index (χ4v) is 2.87. The molecule has 0 radical (unpaired) electrons. The Morgan fingerprint density at radius 3 is 3.35 bits per heavy atom. The van der Waals surface area contributed by atoms with Crippen LogP contribution in [-0.2, 0) is 4.74 Å². The van der Waals surface area contributed by atoms with Crippen molar-refractivity contribution in [1.82, 2.24) is 15.2 Å². The molecule has 0 saturated carbocycles. The lowest BCUT2D eigenvalue weighted by molar-refractivity contribution is -0.0462. The molecule has 2 aliphatic heterocycles. The molecule has 1 aromatic rings. The van der Waals surface area contributed by atoms with Gasteiger partial charge in [-0.15, -0.1) is 0 Å². The first-order valence-corrected chi connectivity index (χ1v) is 7.02. The first-order valence-electron chi connectivity index (χ1n) is 7.02. The van der Waals surface area contributed by atoms with E-state index in [1.54, 1.807) is 6.07 Å². The van der Waals surface area contributed by atoms with Crippen LogP contribution in [0.2, 0.25) is 0 Å². The number of aromatic nitrogens is 1. The highest BCUT2D eigenvalue weighted by molar-refractivity contribution is 5.94. The van der Waals surface area contributed by atoms with Crippen molar-refractivity contribution in [3.8, 4) is 5.75 Å². The number of carbonyl (C=O) groups excluding carboxylic acids is 1. The van der Waals surface area contributed by atoms with Crippen molar-refractivity contribution in [3.05, 3.63) is 24.0 Å². The van der Waals surface area contributed by atoms with Crippen molar-refractivity contribution in [2.45, 2.75) is 25.0 Å². The molecule has 6 heteroatoms. The zero-order valence-corrected chi connectivity index (χ0v) is 11.3. The molecule has 0 aromatic carbocycles. The number of hydrogen-bond donors (Lipinski definition) is 2. The van der Waals surface area contributed by atoms with E-state index in [-0.39, 0.29) is 23.5 Å². The predicted molar refractivity (Wildman–Crippen MR) is 72.6 cm³/mol. The average Bonchev–Trinajstić information content (AvgIpc) is 2.92. The number of fused-ring (bicyclic) bond motifs is 1. The lowest BCUT2D eigenvalue weighted by Crippen LogP contribution is -2.50. The number of carbonyl (C=O) groups is 1. The minimum atomic E-state index is -0.366. The third-order valence-corrected chi connectivity index (χ3v) is 3.95. The second kappa shape index (κ2) is 5.76. The van der Waals surface area contributed by atoms with Crippen LogP contribution in [0.25, 0.3) is 0 Å². The summed E-state index contributed by atoms with van der Waals surface area (Å²) >= 11 is 0. The maximum Gasteiger partial charge on any atom is 0.273 e. The van der Waals surface area contributed by atoms with Crippen LogP contribution in [0, 0.1) is 0 Å². The van der Waals surface area contributed by atoms with Crippen LogP contribution in [0.4, 0.5) is 0 Å². The Kier molecular flexibility index (Phi) is 3.84. The maximum atomic E-state index is 11.9. The van der Waals surface area contributed by atoms with Crippen molar-refractivity contribution in [2.75, 3.05) is 26.2 Å². The molecule has 0 bridgehead atoms. The predicted octanol–water partition coefficient (Wildman–Crippen LogP) is 0.380. The van der Waals surface area contributed by atoms with E-state index in [1.165, 1.54) is 25.1 Å². The molecule has 0 aliphatic carbocycles. The van der Waals surface area contributed by atoms with Crippen LogP contribution in [-0.4, -0.2) is 59.3 Å². The zero-order chi connectivity index (χ0) is 13.9. The van der Waals surface area contributed by atoms with Crippen LogP contribution in [0.1, 0.15) is 23.3 Å². The molecule has 1 aromatic heterocycles. The second-order valence-electron chi connectivity index (χ2n) is 5.33. The monoisotopic (exact) mass is 277 g/mol. The molecule has 2 fully saturated rings. The number of morpholine rings is 1. The first kappa shape index (κ1) is 13.3. The van der Waals surface area contributed by atoms with Gasteiger partial charge in [0.1, 0.15) is 5.75 Å². The summed E-state index contributed by atoms with van der Waals surface area (Å²) < 4.78 is 5.77. The van der Waals surface area contributed by atoms with Gasteiger partial charge in [-0.1, -0.05) is 0 Å². The van der Waals surface area contributed by atoms with Gasteiger partial charge in [0.05, 0.1) is 12.7 Å². The van der Waals surface area contributed by atoms with E-state index in [1.807, 2.05) is 0 Å². The summed E-state index contributed by atoms with van der Waals surface area (Å²) in [4.78, 5) is 18.2. The molecule has 2 saturated heterocycles. The summed E-state index contributed by atoms with van der Waals surface area (Å²) in [5.74, 6) is -0.468. The van der Waals surface area contributed by atoms with Gasteiger partial charge in [0, 0.05) is 25.3 Å². The minimum Gasteiger partial charge on any atom is -0.505 e. The highest BCUT2D eigenvalue weighted by Crippen LogP contribution is 2.22. The Hall–Kier alpha value is -1.66. The van der Waals surface area contributed by atoms with Gasteiger partial charge in [0.2, 0.25) is 0 Å². The molecule has 108 valence electrons. The number of pyridine rings is 1. The third-order valence-electron chi connectivity index (χ3n) is 3.95. The van der Waals surface area contributed by atoms with E-state index in [9.17, 15) is 9.90 Å². The highest BCUT2D eigenvalue weighted by atomic mass is 16.5. The SMILES string of the molecule is O=C(NCC1CN2CCCC2CO1)c1ncccc1O. The van der Waals surface area contributed by atoms with E-state index < -0.39 is 0 Å². The largest absolute Gasteiger partial charge is 0.505 e. The van der Waals surface area contributed by atoms with Gasteiger partial charge in [0.15, 0.2) is 5.69 Å². The Bertz CT molecular complexity index is 494. The number of nitrogens with one attached hydrogen (secondary N) is 1. The summed E-state index contributed by atoms with van der Waals surface area (Å²) in [6.07, 6.45) is 3.94. The number of rotatable bonds is 3. The minimum absolute atomic E-state index is 0.0131. The van der Waals surface area contributed by atoms with E-state index in [2.05, 4.69) is 15.2 Å². The smallest absolute Gasteiger partial charge is 0.273 e. The Labute approximate surface area is 117 Å². The zero-order valence-electron chi connectivity index (χ0n) is 11.3. The lowest BCUT2D eigenvalue weighted by atomic mass is 10.2. The summed E-state index contributed by atoms with van der Waals surface area (Å²) in [5.41, 5.74) is 0.0577. The summed E-state index contributed by atoms with van der Waals surface area (Å²) in [6, 6.07) is 3.60. The van der Waals surface area contributed by atoms with Crippen LogP contribution >= 0.6 is 0 Å². The fourth-order valence-electron chi connectivity index (χ4n) is 2.87. The number of nitrogens with zero attached hydrogens (tertiary/aromatic N) is 2. The molecule has 2 unspecified atom stereocenters. The quantitative estimate of drug-likeness (QED) is 0.835. The normalized spacial score (nSPS) is 26.2. The summed E-state index contributed by atoms with van der Waals surface area (Å²) in [6.45, 7) is 3.17. The molecule has 6 nitrogen and oxygen atoms in total. The van der Waals surface area contributed by atoms with Crippen LogP contribution in [0.3, 0.4) is 0 Å². The molecule has 3 rings (SSSR count). The van der Waals surface area contributed by atoms with Crippen molar-refractivity contribution < 1.29 is 14.6 Å². The molecule has 0 spiro atoms. The highest BCUT2D eigenvalue weighted by Gasteiger charge is 2.32. The lowest BCUT2D eigenvalue weighted by Gasteiger charge is -2.35. The Morgan fingerprint density at radius 2 is 2.50 bits per heavy atom. The number of hydrogen-bond acceptors (Lipinski definition) is 5. The number of ether oxygens (including phenoxy) is 1. The average molecular weight is 277 g/mol. The van der Waals surface area contributed by atoms with Crippen LogP contribution in [0.15, 0.2) is 18.3 Å².